The standard InChI is InChI=1S/C19H16N4O3/c1-3-5-8-13(12-20-11-4-2)22-23-16-17(19(25)26)21-15-10-7-6-9-14(15)18(16)24/h3-12H,1-2H2,(H,21,24)(H,25,26)/b8-5+,13-12+,20-11?,23-22?. The Balaban J connectivity index is 2.60. The summed E-state index contributed by atoms with van der Waals surface area (Å²) in [7, 11) is 0. The highest BCUT2D eigenvalue weighted by Crippen LogP contribution is 2.19. The van der Waals surface area contributed by atoms with Crippen molar-refractivity contribution in [2.24, 2.45) is 15.2 Å². The molecule has 1 heterocycles. The van der Waals surface area contributed by atoms with Gasteiger partial charge in [0.15, 0.2) is 11.4 Å². The fourth-order valence-electron chi connectivity index (χ4n) is 2.03. The molecule has 7 heteroatoms. The second-order valence-electron chi connectivity index (χ2n) is 4.91. The molecule has 0 atom stereocenters. The maximum absolute atomic E-state index is 12.6. The largest absolute Gasteiger partial charge is 0.477 e. The van der Waals surface area contributed by atoms with Crippen molar-refractivity contribution in [1.82, 2.24) is 4.98 Å². The molecule has 1 aromatic heterocycles. The van der Waals surface area contributed by atoms with Crippen LogP contribution < -0.4 is 5.43 Å². The molecule has 0 aliphatic rings. The van der Waals surface area contributed by atoms with Crippen LogP contribution >= 0.6 is 0 Å². The molecule has 1 aromatic carbocycles. The van der Waals surface area contributed by atoms with Gasteiger partial charge in [0.1, 0.15) is 5.70 Å². The minimum absolute atomic E-state index is 0.290. The molecule has 0 saturated heterocycles. The number of aliphatic imine (C=N–C) groups is 1. The van der Waals surface area contributed by atoms with E-state index in [1.54, 1.807) is 36.4 Å². The summed E-state index contributed by atoms with van der Waals surface area (Å²) in [5.74, 6) is -1.31. The minimum Gasteiger partial charge on any atom is -0.477 e. The maximum Gasteiger partial charge on any atom is 0.354 e. The zero-order chi connectivity index (χ0) is 18.9. The number of hydrogen-bond acceptors (Lipinski definition) is 5. The van der Waals surface area contributed by atoms with Crippen LogP contribution in [0.25, 0.3) is 10.9 Å². The zero-order valence-electron chi connectivity index (χ0n) is 13.8. The summed E-state index contributed by atoms with van der Waals surface area (Å²) in [6.45, 7) is 7.07. The van der Waals surface area contributed by atoms with Crippen LogP contribution in [-0.2, 0) is 0 Å². The van der Waals surface area contributed by atoms with E-state index < -0.39 is 11.4 Å². The molecule has 26 heavy (non-hydrogen) atoms. The lowest BCUT2D eigenvalue weighted by atomic mass is 10.1. The topological polar surface area (TPSA) is 107 Å². The number of azo groups is 1. The molecule has 0 bridgehead atoms. The van der Waals surface area contributed by atoms with Gasteiger partial charge in [-0.05, 0) is 18.2 Å². The summed E-state index contributed by atoms with van der Waals surface area (Å²) < 4.78 is 0. The molecule has 130 valence electrons. The van der Waals surface area contributed by atoms with E-state index in [9.17, 15) is 14.7 Å². The molecule has 0 aliphatic carbocycles. The van der Waals surface area contributed by atoms with Crippen LogP contribution in [0.5, 0.6) is 0 Å². The van der Waals surface area contributed by atoms with Gasteiger partial charge in [-0.3, -0.25) is 9.79 Å². The van der Waals surface area contributed by atoms with Gasteiger partial charge >= 0.3 is 5.97 Å². The number of pyridine rings is 1. The molecule has 0 radical (unpaired) electrons. The summed E-state index contributed by atoms with van der Waals surface area (Å²) in [4.78, 5) is 30.7. The summed E-state index contributed by atoms with van der Waals surface area (Å²) in [5.41, 5.74) is -0.443. The molecule has 0 spiro atoms. The fraction of sp³-hybridized carbons (Fsp3) is 0. The predicted octanol–water partition coefficient (Wildman–Crippen LogP) is 4.15. The summed E-state index contributed by atoms with van der Waals surface area (Å²) in [5, 5.41) is 17.5. The number of nitrogens with one attached hydrogen (secondary N) is 1. The van der Waals surface area contributed by atoms with Crippen molar-refractivity contribution >= 4 is 28.8 Å². The highest BCUT2D eigenvalue weighted by Gasteiger charge is 2.17. The first-order chi connectivity index (χ1) is 12.6. The van der Waals surface area contributed by atoms with Crippen LogP contribution in [-0.4, -0.2) is 22.3 Å². The van der Waals surface area contributed by atoms with E-state index in [0.717, 1.165) is 0 Å². The lowest BCUT2D eigenvalue weighted by Crippen LogP contribution is -2.11. The molecule has 0 aliphatic heterocycles. The van der Waals surface area contributed by atoms with Gasteiger partial charge < -0.3 is 10.1 Å². The van der Waals surface area contributed by atoms with Gasteiger partial charge in [-0.1, -0.05) is 43.5 Å². The second-order valence-corrected chi connectivity index (χ2v) is 4.91. The normalized spacial score (nSPS) is 12.4. The third-order valence-electron chi connectivity index (χ3n) is 3.16. The van der Waals surface area contributed by atoms with E-state index in [0.29, 0.717) is 16.6 Å². The van der Waals surface area contributed by atoms with E-state index in [4.69, 9.17) is 0 Å². The third kappa shape index (κ3) is 4.35. The van der Waals surface area contributed by atoms with Crippen molar-refractivity contribution in [1.29, 1.82) is 0 Å². The van der Waals surface area contributed by atoms with Crippen LogP contribution in [0.4, 0.5) is 5.69 Å². The zero-order valence-corrected chi connectivity index (χ0v) is 13.8. The number of rotatable bonds is 7. The molecule has 2 N–H and O–H groups in total. The Hall–Kier alpha value is -3.87. The Bertz CT molecular complexity index is 1030. The van der Waals surface area contributed by atoms with E-state index in [-0.39, 0.29) is 11.4 Å². The lowest BCUT2D eigenvalue weighted by molar-refractivity contribution is 0.0692. The minimum atomic E-state index is -1.31. The Morgan fingerprint density at radius 2 is 1.96 bits per heavy atom. The third-order valence-corrected chi connectivity index (χ3v) is 3.16. The Labute approximate surface area is 149 Å². The second kappa shape index (κ2) is 8.84. The van der Waals surface area contributed by atoms with Gasteiger partial charge in [0.05, 0.1) is 11.7 Å². The Kier molecular flexibility index (Phi) is 6.28. The first kappa shape index (κ1) is 18.5. The van der Waals surface area contributed by atoms with E-state index in [1.165, 1.54) is 24.6 Å². The van der Waals surface area contributed by atoms with E-state index in [1.807, 2.05) is 0 Å². The molecule has 7 nitrogen and oxygen atoms in total. The molecule has 0 fully saturated rings. The van der Waals surface area contributed by atoms with Crippen LogP contribution in [0.3, 0.4) is 0 Å². The molecular formula is C19H16N4O3. The number of aromatic amines is 1. The number of carboxylic acids is 1. The first-order valence-corrected chi connectivity index (χ1v) is 7.52. The van der Waals surface area contributed by atoms with Gasteiger partial charge in [-0.2, -0.15) is 0 Å². The van der Waals surface area contributed by atoms with Crippen LogP contribution in [0, 0.1) is 0 Å². The fourth-order valence-corrected chi connectivity index (χ4v) is 2.03. The molecule has 0 saturated carbocycles. The van der Waals surface area contributed by atoms with Crippen molar-refractivity contribution < 1.29 is 9.90 Å². The predicted molar refractivity (Wildman–Crippen MR) is 102 cm³/mol. The highest BCUT2D eigenvalue weighted by atomic mass is 16.4. The maximum atomic E-state index is 12.6. The Morgan fingerprint density at radius 1 is 1.19 bits per heavy atom. The van der Waals surface area contributed by atoms with Crippen molar-refractivity contribution in [3.63, 3.8) is 0 Å². The van der Waals surface area contributed by atoms with Crippen molar-refractivity contribution in [2.75, 3.05) is 0 Å². The summed E-state index contributed by atoms with van der Waals surface area (Å²) >= 11 is 0. The van der Waals surface area contributed by atoms with Gasteiger partial charge in [-0.25, -0.2) is 4.79 Å². The van der Waals surface area contributed by atoms with Gasteiger partial charge in [0.2, 0.25) is 5.43 Å². The number of hydrogen-bond donors (Lipinski definition) is 2. The Morgan fingerprint density at radius 3 is 2.65 bits per heavy atom. The van der Waals surface area contributed by atoms with Crippen molar-refractivity contribution in [3.8, 4) is 0 Å². The molecular weight excluding hydrogens is 332 g/mol. The van der Waals surface area contributed by atoms with Gasteiger partial charge in [0.25, 0.3) is 0 Å². The monoisotopic (exact) mass is 348 g/mol. The van der Waals surface area contributed by atoms with Crippen molar-refractivity contribution in [3.05, 3.63) is 89.5 Å². The number of H-pyrrole nitrogens is 1. The molecule has 0 unspecified atom stereocenters. The highest BCUT2D eigenvalue weighted by molar-refractivity contribution is 5.95. The molecule has 2 rings (SSSR count). The van der Waals surface area contributed by atoms with Crippen LogP contribution in [0.1, 0.15) is 10.5 Å². The van der Waals surface area contributed by atoms with Gasteiger partial charge in [-0.15, -0.1) is 10.2 Å². The molecule has 0 amide bonds. The number of aromatic nitrogens is 1. The molecule has 2 aromatic rings. The number of nitrogens with zero attached hydrogens (tertiary/aromatic N) is 3. The smallest absolute Gasteiger partial charge is 0.354 e. The number of allylic oxidation sites excluding steroid dienone is 4. The number of benzene rings is 1. The van der Waals surface area contributed by atoms with Crippen LogP contribution in [0.2, 0.25) is 0 Å². The number of fused-ring (bicyclic) bond motifs is 1. The summed E-state index contributed by atoms with van der Waals surface area (Å²) in [6, 6.07) is 6.58. The quantitative estimate of drug-likeness (QED) is 0.446. The number of carboxylic acid groups (broad SMARTS) is 1. The number of para-hydroxylation sites is 1. The van der Waals surface area contributed by atoms with E-state index >= 15 is 0 Å². The SMILES string of the molecule is C=CC=N/C=C(\C=C\C=C)N=Nc1c(C(=O)O)[nH]c2ccccc2c1=O. The van der Waals surface area contributed by atoms with Crippen molar-refractivity contribution in [2.45, 2.75) is 0 Å². The average molecular weight is 348 g/mol. The average Bonchev–Trinajstić information content (AvgIpc) is 2.64. The summed E-state index contributed by atoms with van der Waals surface area (Å²) in [6.07, 6.45) is 9.03. The van der Waals surface area contributed by atoms with Gasteiger partial charge in [0, 0.05) is 11.6 Å². The first-order valence-electron chi connectivity index (χ1n) is 7.52. The number of carbonyl (C=O) groups is 1. The van der Waals surface area contributed by atoms with Crippen LogP contribution in [0.15, 0.2) is 93.6 Å². The number of aromatic carboxylic acids is 1. The van der Waals surface area contributed by atoms with E-state index in [2.05, 4.69) is 33.4 Å². The lowest BCUT2D eigenvalue weighted by Gasteiger charge is -2.03.